The molecule has 0 spiro atoms. The summed E-state index contributed by atoms with van der Waals surface area (Å²) in [5.74, 6) is 0.693. The van der Waals surface area contributed by atoms with Crippen LogP contribution >= 0.6 is 0 Å². The van der Waals surface area contributed by atoms with Gasteiger partial charge in [0.05, 0.1) is 7.11 Å². The SMILES string of the molecule is COC(=O)c1ccc(COc2ccc(NC(=O)C(C)(C)C)cc2)o1. The first kappa shape index (κ1) is 17.6. The molecule has 0 atom stereocenters. The van der Waals surface area contributed by atoms with E-state index in [9.17, 15) is 9.59 Å². The molecule has 128 valence electrons. The summed E-state index contributed by atoms with van der Waals surface area (Å²) < 4.78 is 15.5. The van der Waals surface area contributed by atoms with Crippen molar-refractivity contribution >= 4 is 17.6 Å². The first-order valence-corrected chi connectivity index (χ1v) is 7.51. The van der Waals surface area contributed by atoms with E-state index in [0.717, 1.165) is 0 Å². The topological polar surface area (TPSA) is 77.8 Å². The van der Waals surface area contributed by atoms with Gasteiger partial charge in [-0.15, -0.1) is 0 Å². The third-order valence-electron chi connectivity index (χ3n) is 3.22. The Balaban J connectivity index is 1.91. The second kappa shape index (κ2) is 7.21. The third-order valence-corrected chi connectivity index (χ3v) is 3.22. The van der Waals surface area contributed by atoms with E-state index in [0.29, 0.717) is 17.2 Å². The summed E-state index contributed by atoms with van der Waals surface area (Å²) in [5.41, 5.74) is 0.250. The monoisotopic (exact) mass is 331 g/mol. The number of nitrogens with one attached hydrogen (secondary N) is 1. The van der Waals surface area contributed by atoms with Gasteiger partial charge in [0.2, 0.25) is 11.7 Å². The van der Waals surface area contributed by atoms with Gasteiger partial charge in [-0.1, -0.05) is 20.8 Å². The van der Waals surface area contributed by atoms with E-state index in [1.807, 2.05) is 20.8 Å². The van der Waals surface area contributed by atoms with Gasteiger partial charge in [0.25, 0.3) is 0 Å². The van der Waals surface area contributed by atoms with E-state index in [4.69, 9.17) is 9.15 Å². The van der Waals surface area contributed by atoms with Crippen LogP contribution in [0.15, 0.2) is 40.8 Å². The highest BCUT2D eigenvalue weighted by Crippen LogP contribution is 2.21. The molecule has 1 aromatic heterocycles. The number of methoxy groups -OCH3 is 1. The van der Waals surface area contributed by atoms with Crippen LogP contribution in [0.3, 0.4) is 0 Å². The lowest BCUT2D eigenvalue weighted by atomic mass is 9.95. The number of benzene rings is 1. The average Bonchev–Trinajstić information content (AvgIpc) is 3.01. The summed E-state index contributed by atoms with van der Waals surface area (Å²) in [6.45, 7) is 5.74. The van der Waals surface area contributed by atoms with Gasteiger partial charge in [-0.2, -0.15) is 0 Å². The molecule has 0 fully saturated rings. The highest BCUT2D eigenvalue weighted by molar-refractivity contribution is 5.94. The molecule has 1 N–H and O–H groups in total. The van der Waals surface area contributed by atoms with Crippen LogP contribution in [0, 0.1) is 5.41 Å². The number of carbonyl (C=O) groups excluding carboxylic acids is 2. The summed E-state index contributed by atoms with van der Waals surface area (Å²) in [5, 5.41) is 2.84. The molecule has 0 radical (unpaired) electrons. The van der Waals surface area contributed by atoms with E-state index < -0.39 is 11.4 Å². The fourth-order valence-electron chi connectivity index (χ4n) is 1.77. The van der Waals surface area contributed by atoms with Crippen molar-refractivity contribution in [1.82, 2.24) is 0 Å². The number of furan rings is 1. The maximum Gasteiger partial charge on any atom is 0.373 e. The second-order valence-corrected chi connectivity index (χ2v) is 6.27. The quantitative estimate of drug-likeness (QED) is 0.847. The van der Waals surface area contributed by atoms with Gasteiger partial charge in [0.15, 0.2) is 0 Å². The number of hydrogen-bond donors (Lipinski definition) is 1. The Morgan fingerprint density at radius 1 is 1.08 bits per heavy atom. The molecule has 6 nitrogen and oxygen atoms in total. The van der Waals surface area contributed by atoms with Crippen LogP contribution in [0.4, 0.5) is 5.69 Å². The molecule has 24 heavy (non-hydrogen) atoms. The lowest BCUT2D eigenvalue weighted by Crippen LogP contribution is -2.27. The molecule has 0 aliphatic heterocycles. The number of hydrogen-bond acceptors (Lipinski definition) is 5. The molecule has 0 saturated carbocycles. The maximum absolute atomic E-state index is 11.9. The Morgan fingerprint density at radius 3 is 2.33 bits per heavy atom. The van der Waals surface area contributed by atoms with Gasteiger partial charge in [-0.05, 0) is 36.4 Å². The third kappa shape index (κ3) is 4.62. The Bertz CT molecular complexity index is 710. The van der Waals surface area contributed by atoms with Crippen molar-refractivity contribution in [2.45, 2.75) is 27.4 Å². The van der Waals surface area contributed by atoms with Crippen LogP contribution < -0.4 is 10.1 Å². The van der Waals surface area contributed by atoms with Crippen molar-refractivity contribution < 1.29 is 23.5 Å². The van der Waals surface area contributed by atoms with Crippen molar-refractivity contribution in [2.24, 2.45) is 5.41 Å². The first-order valence-electron chi connectivity index (χ1n) is 7.51. The highest BCUT2D eigenvalue weighted by Gasteiger charge is 2.21. The zero-order chi connectivity index (χ0) is 17.7. The molecular weight excluding hydrogens is 310 g/mol. The van der Waals surface area contributed by atoms with Crippen molar-refractivity contribution in [3.8, 4) is 5.75 Å². The molecule has 1 amide bonds. The number of rotatable bonds is 5. The molecule has 6 heteroatoms. The van der Waals surface area contributed by atoms with Crippen LogP contribution in [0.25, 0.3) is 0 Å². The van der Waals surface area contributed by atoms with Crippen LogP contribution in [0.2, 0.25) is 0 Å². The standard InChI is InChI=1S/C18H21NO5/c1-18(2,3)17(21)19-12-5-7-13(8-6-12)23-11-14-9-10-15(24-14)16(20)22-4/h5-10H,11H2,1-4H3,(H,19,21). The van der Waals surface area contributed by atoms with Crippen molar-refractivity contribution in [1.29, 1.82) is 0 Å². The minimum absolute atomic E-state index is 0.0536. The molecular formula is C18H21NO5. The molecule has 0 aliphatic carbocycles. The minimum Gasteiger partial charge on any atom is -0.486 e. The van der Waals surface area contributed by atoms with Crippen LogP contribution in [-0.2, 0) is 16.1 Å². The summed E-state index contributed by atoms with van der Waals surface area (Å²) in [6.07, 6.45) is 0. The Labute approximate surface area is 140 Å². The number of amides is 1. The Hall–Kier alpha value is -2.76. The van der Waals surface area contributed by atoms with Crippen molar-refractivity contribution in [3.63, 3.8) is 0 Å². The largest absolute Gasteiger partial charge is 0.486 e. The minimum atomic E-state index is -0.528. The zero-order valence-corrected chi connectivity index (χ0v) is 14.2. The summed E-state index contributed by atoms with van der Waals surface area (Å²) in [6, 6.07) is 10.2. The van der Waals surface area contributed by atoms with Gasteiger partial charge in [-0.3, -0.25) is 4.79 Å². The molecule has 0 saturated heterocycles. The van der Waals surface area contributed by atoms with E-state index in [2.05, 4.69) is 10.1 Å². The predicted molar refractivity (Wildman–Crippen MR) is 88.9 cm³/mol. The van der Waals surface area contributed by atoms with Crippen LogP contribution in [0.5, 0.6) is 5.75 Å². The summed E-state index contributed by atoms with van der Waals surface area (Å²) in [4.78, 5) is 23.2. The Morgan fingerprint density at radius 2 is 1.75 bits per heavy atom. The average molecular weight is 331 g/mol. The van der Waals surface area contributed by atoms with Gasteiger partial charge < -0.3 is 19.2 Å². The number of ether oxygens (including phenoxy) is 2. The van der Waals surface area contributed by atoms with E-state index in [1.54, 1.807) is 30.3 Å². The first-order chi connectivity index (χ1) is 11.3. The highest BCUT2D eigenvalue weighted by atomic mass is 16.5. The molecule has 2 rings (SSSR count). The Kier molecular flexibility index (Phi) is 5.28. The van der Waals surface area contributed by atoms with Crippen molar-refractivity contribution in [3.05, 3.63) is 47.9 Å². The van der Waals surface area contributed by atoms with Crippen LogP contribution in [0.1, 0.15) is 37.1 Å². The number of carbonyl (C=O) groups is 2. The molecule has 2 aromatic rings. The number of esters is 1. The maximum atomic E-state index is 11.9. The zero-order valence-electron chi connectivity index (χ0n) is 14.2. The van der Waals surface area contributed by atoms with Gasteiger partial charge in [0, 0.05) is 11.1 Å². The fraction of sp³-hybridized carbons (Fsp3) is 0.333. The second-order valence-electron chi connectivity index (χ2n) is 6.27. The lowest BCUT2D eigenvalue weighted by Gasteiger charge is -2.17. The molecule has 0 bridgehead atoms. The molecule has 1 aromatic carbocycles. The van der Waals surface area contributed by atoms with E-state index in [1.165, 1.54) is 13.2 Å². The smallest absolute Gasteiger partial charge is 0.373 e. The summed E-state index contributed by atoms with van der Waals surface area (Å²) >= 11 is 0. The molecule has 0 unspecified atom stereocenters. The summed E-state index contributed by atoms with van der Waals surface area (Å²) in [7, 11) is 1.29. The lowest BCUT2D eigenvalue weighted by molar-refractivity contribution is -0.123. The van der Waals surface area contributed by atoms with E-state index >= 15 is 0 Å². The van der Waals surface area contributed by atoms with Gasteiger partial charge in [0.1, 0.15) is 18.1 Å². The molecule has 0 aliphatic rings. The van der Waals surface area contributed by atoms with Crippen molar-refractivity contribution in [2.75, 3.05) is 12.4 Å². The van der Waals surface area contributed by atoms with Crippen LogP contribution in [-0.4, -0.2) is 19.0 Å². The van der Waals surface area contributed by atoms with E-state index in [-0.39, 0.29) is 18.3 Å². The van der Waals surface area contributed by atoms with Gasteiger partial charge in [-0.25, -0.2) is 4.79 Å². The number of anilines is 1. The predicted octanol–water partition coefficient (Wildman–Crippen LogP) is 3.63. The van der Waals surface area contributed by atoms with Gasteiger partial charge >= 0.3 is 5.97 Å². The molecule has 1 heterocycles. The normalized spacial score (nSPS) is 11.0. The fourth-order valence-corrected chi connectivity index (χ4v) is 1.77.